The fourth-order valence-corrected chi connectivity index (χ4v) is 2.84. The Morgan fingerprint density at radius 2 is 2.30 bits per heavy atom. The molecule has 0 saturated heterocycles. The predicted octanol–water partition coefficient (Wildman–Crippen LogP) is 1.78. The first kappa shape index (κ1) is 15.0. The van der Waals surface area contributed by atoms with Gasteiger partial charge in [0.2, 0.25) is 0 Å². The Hall–Kier alpha value is -2.92. The second-order valence-corrected chi connectivity index (χ2v) is 5.76. The predicted molar refractivity (Wildman–Crippen MR) is 84.3 cm³/mol. The van der Waals surface area contributed by atoms with E-state index in [0.29, 0.717) is 16.5 Å². The van der Waals surface area contributed by atoms with Gasteiger partial charge in [-0.15, -0.1) is 0 Å². The molecule has 0 aliphatic carbocycles. The highest BCUT2D eigenvalue weighted by Gasteiger charge is 2.10. The number of fused-ring (bicyclic) bond motifs is 1. The second kappa shape index (κ2) is 6.06. The number of H-pyrrole nitrogens is 1. The minimum atomic E-state index is -0.448. The van der Waals surface area contributed by atoms with Gasteiger partial charge in [0.25, 0.3) is 0 Å². The molecule has 0 atom stereocenters. The van der Waals surface area contributed by atoms with E-state index in [-0.39, 0.29) is 17.0 Å². The maximum atomic E-state index is 11.9. The molecule has 0 radical (unpaired) electrons. The third kappa shape index (κ3) is 3.00. The Labute approximate surface area is 135 Å². The molecule has 1 aromatic carbocycles. The van der Waals surface area contributed by atoms with Crippen molar-refractivity contribution in [3.63, 3.8) is 0 Å². The van der Waals surface area contributed by atoms with E-state index in [1.807, 2.05) is 24.3 Å². The standard InChI is InChI=1S/C15H11N5O2S/c1-9(21)11-4-2-3-10(5-11)8-23-14-18-13-12(6-16)7-17-20(13)15(22)19-14/h2-5,7H,8H2,1H3,(H,18,19,22). The van der Waals surface area contributed by atoms with Crippen LogP contribution in [0.25, 0.3) is 5.65 Å². The van der Waals surface area contributed by atoms with E-state index in [4.69, 9.17) is 5.26 Å². The van der Waals surface area contributed by atoms with Crippen LogP contribution in [0.3, 0.4) is 0 Å². The van der Waals surface area contributed by atoms with E-state index in [0.717, 1.165) is 10.1 Å². The molecule has 0 unspecified atom stereocenters. The van der Waals surface area contributed by atoms with Crippen molar-refractivity contribution < 1.29 is 4.79 Å². The van der Waals surface area contributed by atoms with Gasteiger partial charge in [0.15, 0.2) is 16.6 Å². The van der Waals surface area contributed by atoms with Crippen molar-refractivity contribution in [1.82, 2.24) is 19.6 Å². The van der Waals surface area contributed by atoms with Crippen LogP contribution >= 0.6 is 11.8 Å². The van der Waals surface area contributed by atoms with Gasteiger partial charge < -0.3 is 0 Å². The number of carbonyl (C=O) groups excluding carboxylic acids is 1. The summed E-state index contributed by atoms with van der Waals surface area (Å²) in [7, 11) is 0. The monoisotopic (exact) mass is 325 g/mol. The van der Waals surface area contributed by atoms with Gasteiger partial charge in [-0.1, -0.05) is 30.0 Å². The third-order valence-electron chi connectivity index (χ3n) is 3.19. The first-order valence-electron chi connectivity index (χ1n) is 6.69. The molecule has 8 heteroatoms. The number of nitrogens with one attached hydrogen (secondary N) is 1. The number of aromatic nitrogens is 4. The Morgan fingerprint density at radius 1 is 1.48 bits per heavy atom. The van der Waals surface area contributed by atoms with Crippen LogP contribution in [0.15, 0.2) is 40.4 Å². The number of benzene rings is 1. The Kier molecular flexibility index (Phi) is 3.95. The summed E-state index contributed by atoms with van der Waals surface area (Å²) < 4.78 is 1.05. The smallest absolute Gasteiger partial charge is 0.295 e. The molecule has 0 fully saturated rings. The quantitative estimate of drug-likeness (QED) is 0.579. The topological polar surface area (TPSA) is 104 Å². The minimum Gasteiger partial charge on any atom is -0.295 e. The van der Waals surface area contributed by atoms with E-state index in [9.17, 15) is 9.59 Å². The van der Waals surface area contributed by atoms with E-state index in [1.54, 1.807) is 6.07 Å². The van der Waals surface area contributed by atoms with Gasteiger partial charge >= 0.3 is 5.69 Å². The molecular weight excluding hydrogens is 314 g/mol. The van der Waals surface area contributed by atoms with Crippen molar-refractivity contribution in [1.29, 1.82) is 5.26 Å². The van der Waals surface area contributed by atoms with Crippen LogP contribution in [0.5, 0.6) is 0 Å². The van der Waals surface area contributed by atoms with Crippen molar-refractivity contribution in [3.05, 3.63) is 57.6 Å². The van der Waals surface area contributed by atoms with E-state index >= 15 is 0 Å². The molecule has 0 aliphatic rings. The van der Waals surface area contributed by atoms with E-state index in [2.05, 4.69) is 15.1 Å². The summed E-state index contributed by atoms with van der Waals surface area (Å²) in [6.07, 6.45) is 1.31. The summed E-state index contributed by atoms with van der Waals surface area (Å²) in [6, 6.07) is 9.24. The minimum absolute atomic E-state index is 0.00252. The molecule has 114 valence electrons. The van der Waals surface area contributed by atoms with Crippen LogP contribution < -0.4 is 5.69 Å². The lowest BCUT2D eigenvalue weighted by molar-refractivity contribution is 0.101. The van der Waals surface area contributed by atoms with Crippen molar-refractivity contribution >= 4 is 23.2 Å². The lowest BCUT2D eigenvalue weighted by atomic mass is 10.1. The highest BCUT2D eigenvalue weighted by molar-refractivity contribution is 7.98. The largest absolute Gasteiger partial charge is 0.350 e. The molecule has 23 heavy (non-hydrogen) atoms. The normalized spacial score (nSPS) is 10.6. The highest BCUT2D eigenvalue weighted by Crippen LogP contribution is 2.20. The molecule has 0 amide bonds. The first-order valence-corrected chi connectivity index (χ1v) is 7.68. The number of thioether (sulfide) groups is 1. The van der Waals surface area contributed by atoms with Gasteiger partial charge in [-0.2, -0.15) is 14.9 Å². The summed E-state index contributed by atoms with van der Waals surface area (Å²) in [5.74, 6) is 0.540. The number of hydrogen-bond donors (Lipinski definition) is 1. The zero-order valence-electron chi connectivity index (χ0n) is 12.1. The van der Waals surface area contributed by atoms with E-state index < -0.39 is 5.69 Å². The van der Waals surface area contributed by atoms with Gasteiger partial charge in [-0.25, -0.2) is 9.78 Å². The SMILES string of the molecule is CC(=O)c1cccc(CSc2nc3c(C#N)cnn3c(=O)[nH]2)c1. The molecular formula is C15H11N5O2S. The first-order chi connectivity index (χ1) is 11.1. The highest BCUT2D eigenvalue weighted by atomic mass is 32.2. The number of rotatable bonds is 4. The molecule has 2 heterocycles. The zero-order valence-corrected chi connectivity index (χ0v) is 12.9. The zero-order chi connectivity index (χ0) is 16.4. The van der Waals surface area contributed by atoms with E-state index in [1.165, 1.54) is 24.9 Å². The van der Waals surface area contributed by atoms with Crippen molar-refractivity contribution in [2.45, 2.75) is 17.8 Å². The number of nitrogens with zero attached hydrogens (tertiary/aromatic N) is 4. The number of ketones is 1. The van der Waals surface area contributed by atoms with Crippen molar-refractivity contribution in [2.75, 3.05) is 0 Å². The molecule has 7 nitrogen and oxygen atoms in total. The van der Waals surface area contributed by atoms with Gasteiger partial charge in [0, 0.05) is 11.3 Å². The lowest BCUT2D eigenvalue weighted by Crippen LogP contribution is -2.19. The molecule has 0 saturated carbocycles. The number of nitriles is 1. The Bertz CT molecular complexity index is 999. The van der Waals surface area contributed by atoms with Crippen LogP contribution in [0, 0.1) is 11.3 Å². The number of Topliss-reactive ketones (excluding diaryl/α,β-unsaturated/α-hetero) is 1. The fraction of sp³-hybridized carbons (Fsp3) is 0.133. The van der Waals surface area contributed by atoms with Crippen LogP contribution in [-0.4, -0.2) is 25.4 Å². The molecule has 3 aromatic rings. The van der Waals surface area contributed by atoms with Crippen LogP contribution in [0.2, 0.25) is 0 Å². The summed E-state index contributed by atoms with van der Waals surface area (Å²) in [5, 5.41) is 13.2. The summed E-state index contributed by atoms with van der Waals surface area (Å²) in [6.45, 7) is 1.52. The molecule has 3 rings (SSSR count). The number of carbonyl (C=O) groups is 1. The number of hydrogen-bond acceptors (Lipinski definition) is 6. The molecule has 0 bridgehead atoms. The summed E-state index contributed by atoms with van der Waals surface area (Å²) >= 11 is 1.32. The van der Waals surface area contributed by atoms with Crippen LogP contribution in [0.1, 0.15) is 28.4 Å². The fourth-order valence-electron chi connectivity index (χ4n) is 2.05. The molecule has 1 N–H and O–H groups in total. The Balaban J connectivity index is 1.87. The van der Waals surface area contributed by atoms with Crippen LogP contribution in [0.4, 0.5) is 0 Å². The summed E-state index contributed by atoms with van der Waals surface area (Å²) in [5.41, 5.74) is 1.62. The average molecular weight is 325 g/mol. The molecule has 0 aliphatic heterocycles. The number of aromatic amines is 1. The maximum absolute atomic E-state index is 11.9. The lowest BCUT2D eigenvalue weighted by Gasteiger charge is -2.03. The van der Waals surface area contributed by atoms with Gasteiger partial charge in [0.05, 0.1) is 6.20 Å². The van der Waals surface area contributed by atoms with Crippen LogP contribution in [-0.2, 0) is 5.75 Å². The average Bonchev–Trinajstić information content (AvgIpc) is 2.97. The van der Waals surface area contributed by atoms with Gasteiger partial charge in [-0.3, -0.25) is 9.78 Å². The Morgan fingerprint density at radius 3 is 3.04 bits per heavy atom. The third-order valence-corrected chi connectivity index (χ3v) is 4.13. The van der Waals surface area contributed by atoms with Crippen molar-refractivity contribution in [3.8, 4) is 6.07 Å². The van der Waals surface area contributed by atoms with Gasteiger partial charge in [-0.05, 0) is 18.6 Å². The molecule has 0 spiro atoms. The molecule has 2 aromatic heterocycles. The second-order valence-electron chi connectivity index (χ2n) is 4.80. The van der Waals surface area contributed by atoms with Crippen molar-refractivity contribution in [2.24, 2.45) is 0 Å². The van der Waals surface area contributed by atoms with Gasteiger partial charge in [0.1, 0.15) is 11.6 Å². The summed E-state index contributed by atoms with van der Waals surface area (Å²) in [4.78, 5) is 30.2. The maximum Gasteiger partial charge on any atom is 0.350 e.